The lowest BCUT2D eigenvalue weighted by molar-refractivity contribution is -0.134. The van der Waals surface area contributed by atoms with Crippen molar-refractivity contribution in [3.63, 3.8) is 0 Å². The summed E-state index contributed by atoms with van der Waals surface area (Å²) in [5, 5.41) is 9.15. The number of hydrogen-bond acceptors (Lipinski definition) is 7. The second-order valence-corrected chi connectivity index (χ2v) is 9.04. The molecule has 0 saturated carbocycles. The molecule has 0 bridgehead atoms. The molecule has 1 aliphatic heterocycles. The summed E-state index contributed by atoms with van der Waals surface area (Å²) in [5.74, 6) is -0.406. The number of halogens is 3. The first-order valence-corrected chi connectivity index (χ1v) is 10.5. The molecule has 1 N–H and O–H groups in total. The minimum absolute atomic E-state index is 0.0393. The normalized spacial score (nSPS) is 14.1. The molecule has 7 nitrogen and oxygen atoms in total. The third-order valence-electron chi connectivity index (χ3n) is 4.69. The maximum Gasteiger partial charge on any atom is 0.425 e. The monoisotopic (exact) mass is 456 g/mol. The number of nitrogens with zero attached hydrogens (tertiary/aromatic N) is 4. The third kappa shape index (κ3) is 3.97. The highest BCUT2D eigenvalue weighted by Crippen LogP contribution is 2.35. The molecule has 0 unspecified atom stereocenters. The van der Waals surface area contributed by atoms with Crippen LogP contribution < -0.4 is 10.6 Å². The Labute approximate surface area is 176 Å². The maximum absolute atomic E-state index is 12.8. The Kier molecular flexibility index (Phi) is 5.14. The zero-order valence-corrected chi connectivity index (χ0v) is 17.2. The number of alkyl halides is 3. The van der Waals surface area contributed by atoms with Crippen molar-refractivity contribution < 1.29 is 23.1 Å². The molecule has 0 radical (unpaired) electrons. The number of carboxylic acid groups (broad SMARTS) is 1. The molecule has 0 fully saturated rings. The third-order valence-corrected chi connectivity index (χ3v) is 7.03. The van der Waals surface area contributed by atoms with E-state index in [0.717, 1.165) is 16.5 Å². The van der Waals surface area contributed by atoms with E-state index in [4.69, 9.17) is 5.11 Å². The van der Waals surface area contributed by atoms with Crippen LogP contribution in [-0.4, -0.2) is 32.2 Å². The van der Waals surface area contributed by atoms with Crippen LogP contribution in [0.3, 0.4) is 0 Å². The predicted molar refractivity (Wildman–Crippen MR) is 105 cm³/mol. The van der Waals surface area contributed by atoms with Crippen molar-refractivity contribution in [3.05, 3.63) is 59.6 Å². The molecule has 4 heterocycles. The number of carbonyl (C=O) groups is 1. The first kappa shape index (κ1) is 20.5. The fourth-order valence-electron chi connectivity index (χ4n) is 3.22. The molecule has 158 valence electrons. The number of aromatic nitrogens is 3. The summed E-state index contributed by atoms with van der Waals surface area (Å²) in [7, 11) is 0. The van der Waals surface area contributed by atoms with Crippen molar-refractivity contribution in [1.29, 1.82) is 0 Å². The van der Waals surface area contributed by atoms with Crippen LogP contribution >= 0.6 is 22.7 Å². The van der Waals surface area contributed by atoms with Crippen molar-refractivity contribution in [2.75, 3.05) is 11.4 Å². The van der Waals surface area contributed by atoms with Gasteiger partial charge in [-0.2, -0.15) is 23.1 Å². The van der Waals surface area contributed by atoms with Gasteiger partial charge in [-0.25, -0.2) is 9.59 Å². The van der Waals surface area contributed by atoms with Crippen molar-refractivity contribution in [3.8, 4) is 0 Å². The number of thiophene rings is 2. The minimum Gasteiger partial charge on any atom is -0.477 e. The van der Waals surface area contributed by atoms with E-state index in [1.54, 1.807) is 17.9 Å². The summed E-state index contributed by atoms with van der Waals surface area (Å²) < 4.78 is 39.6. The molecule has 0 amide bonds. The molecule has 0 aliphatic carbocycles. The zero-order chi connectivity index (χ0) is 21.6. The van der Waals surface area contributed by atoms with Crippen LogP contribution in [0.25, 0.3) is 0 Å². The van der Waals surface area contributed by atoms with E-state index in [1.807, 2.05) is 0 Å². The number of hydrogen-bond donors (Lipinski definition) is 1. The van der Waals surface area contributed by atoms with E-state index in [-0.39, 0.29) is 17.4 Å². The van der Waals surface area contributed by atoms with Gasteiger partial charge in [-0.1, -0.05) is 0 Å². The van der Waals surface area contributed by atoms with Crippen molar-refractivity contribution >= 4 is 34.6 Å². The van der Waals surface area contributed by atoms with E-state index in [1.165, 1.54) is 22.0 Å². The SMILES string of the molecule is Cc1nc(N2CCc3sc(C(=O)O)cc3C2)nc(=O)n1Cc1ccc(C(F)(F)F)s1. The molecule has 0 saturated heterocycles. The highest BCUT2D eigenvalue weighted by atomic mass is 32.1. The van der Waals surface area contributed by atoms with Crippen LogP contribution in [-0.2, 0) is 25.7 Å². The van der Waals surface area contributed by atoms with Crippen LogP contribution in [0.15, 0.2) is 23.0 Å². The molecule has 1 aliphatic rings. The second kappa shape index (κ2) is 7.51. The first-order chi connectivity index (χ1) is 14.1. The van der Waals surface area contributed by atoms with Gasteiger partial charge in [0.15, 0.2) is 0 Å². The summed E-state index contributed by atoms with van der Waals surface area (Å²) in [4.78, 5) is 34.8. The van der Waals surface area contributed by atoms with Crippen molar-refractivity contribution in [1.82, 2.24) is 14.5 Å². The molecule has 3 aromatic heterocycles. The topological polar surface area (TPSA) is 88.3 Å². The van der Waals surface area contributed by atoms with Crippen LogP contribution in [0, 0.1) is 6.92 Å². The Bertz CT molecular complexity index is 1180. The van der Waals surface area contributed by atoms with Gasteiger partial charge >= 0.3 is 17.8 Å². The molecule has 0 aromatic carbocycles. The van der Waals surface area contributed by atoms with Gasteiger partial charge in [0.1, 0.15) is 15.6 Å². The van der Waals surface area contributed by atoms with Crippen molar-refractivity contribution in [2.24, 2.45) is 0 Å². The Morgan fingerprint density at radius 3 is 2.67 bits per heavy atom. The number of fused-ring (bicyclic) bond motifs is 1. The molecule has 30 heavy (non-hydrogen) atoms. The Hall–Kier alpha value is -2.73. The van der Waals surface area contributed by atoms with Gasteiger partial charge in [-0.3, -0.25) is 4.57 Å². The molecular weight excluding hydrogens is 441 g/mol. The quantitative estimate of drug-likeness (QED) is 0.648. The van der Waals surface area contributed by atoms with Gasteiger partial charge in [-0.15, -0.1) is 22.7 Å². The van der Waals surface area contributed by atoms with Crippen LogP contribution in [0.1, 0.15) is 35.7 Å². The lowest BCUT2D eigenvalue weighted by Gasteiger charge is -2.27. The van der Waals surface area contributed by atoms with E-state index in [2.05, 4.69) is 9.97 Å². The average molecular weight is 456 g/mol. The maximum atomic E-state index is 12.8. The molecule has 3 aromatic rings. The van der Waals surface area contributed by atoms with Crippen LogP contribution in [0.2, 0.25) is 0 Å². The van der Waals surface area contributed by atoms with Gasteiger partial charge < -0.3 is 10.0 Å². The average Bonchev–Trinajstić information content (AvgIpc) is 3.30. The molecule has 0 atom stereocenters. The van der Waals surface area contributed by atoms with Gasteiger partial charge in [0.25, 0.3) is 0 Å². The molecule has 0 spiro atoms. The van der Waals surface area contributed by atoms with Crippen LogP contribution in [0.4, 0.5) is 19.1 Å². The Morgan fingerprint density at radius 1 is 1.27 bits per heavy atom. The summed E-state index contributed by atoms with van der Waals surface area (Å²) in [6, 6.07) is 3.96. The molecule has 4 rings (SSSR count). The lowest BCUT2D eigenvalue weighted by Crippen LogP contribution is -2.35. The zero-order valence-electron chi connectivity index (χ0n) is 15.6. The minimum atomic E-state index is -4.42. The number of rotatable bonds is 4. The van der Waals surface area contributed by atoms with Gasteiger partial charge in [-0.05, 0) is 37.1 Å². The molecule has 12 heteroatoms. The number of aryl methyl sites for hydroxylation is 1. The van der Waals surface area contributed by atoms with Crippen molar-refractivity contribution in [2.45, 2.75) is 32.6 Å². The Balaban J connectivity index is 1.56. The Morgan fingerprint density at radius 2 is 2.03 bits per heavy atom. The lowest BCUT2D eigenvalue weighted by atomic mass is 10.1. The standard InChI is InChI=1S/C18H15F3N4O3S2/c1-9-22-16(24-5-4-12-10(7-24)6-13(30-12)15(26)27)23-17(28)25(9)8-11-2-3-14(29-11)18(19,20)21/h2-3,6H,4-5,7-8H2,1H3,(H,26,27). The summed E-state index contributed by atoms with van der Waals surface area (Å²) in [5.41, 5.74) is 0.272. The highest BCUT2D eigenvalue weighted by Gasteiger charge is 2.32. The summed E-state index contributed by atoms with van der Waals surface area (Å²) >= 11 is 1.83. The van der Waals surface area contributed by atoms with Gasteiger partial charge in [0.05, 0.1) is 6.54 Å². The summed E-state index contributed by atoms with van der Waals surface area (Å²) in [6.45, 7) is 2.49. The van der Waals surface area contributed by atoms with E-state index >= 15 is 0 Å². The highest BCUT2D eigenvalue weighted by molar-refractivity contribution is 7.14. The predicted octanol–water partition coefficient (Wildman–Crippen LogP) is 3.40. The fourth-order valence-corrected chi connectivity index (χ4v) is 5.08. The largest absolute Gasteiger partial charge is 0.477 e. The number of anilines is 1. The first-order valence-electron chi connectivity index (χ1n) is 8.83. The number of carboxylic acids is 1. The number of aromatic carboxylic acids is 1. The van der Waals surface area contributed by atoms with E-state index < -0.39 is 22.7 Å². The molecular formula is C18H15F3N4O3S2. The second-order valence-electron chi connectivity index (χ2n) is 6.74. The fraction of sp³-hybridized carbons (Fsp3) is 0.333. The van der Waals surface area contributed by atoms with Gasteiger partial charge in [0, 0.05) is 22.8 Å². The van der Waals surface area contributed by atoms with E-state index in [9.17, 15) is 22.8 Å². The summed E-state index contributed by atoms with van der Waals surface area (Å²) in [6.07, 6.45) is -3.80. The van der Waals surface area contributed by atoms with E-state index in [0.29, 0.717) is 41.5 Å². The smallest absolute Gasteiger partial charge is 0.425 e. The van der Waals surface area contributed by atoms with Gasteiger partial charge in [0.2, 0.25) is 5.95 Å². The van der Waals surface area contributed by atoms with Crippen LogP contribution in [0.5, 0.6) is 0 Å².